The Balaban J connectivity index is 2.36. The fraction of sp³-hybridized carbons (Fsp3) is 0.0667. The fourth-order valence-corrected chi connectivity index (χ4v) is 3.02. The maximum absolute atomic E-state index is 12.5. The van der Waals surface area contributed by atoms with Gasteiger partial charge in [0.25, 0.3) is 0 Å². The van der Waals surface area contributed by atoms with Gasteiger partial charge in [0.2, 0.25) is 21.4 Å². The average molecular weight is 332 g/mol. The van der Waals surface area contributed by atoms with Gasteiger partial charge in [-0.1, -0.05) is 0 Å². The lowest BCUT2D eigenvalue weighted by molar-refractivity contribution is 0.100. The number of nitrogens with one attached hydrogen (secondary N) is 1. The van der Waals surface area contributed by atoms with Gasteiger partial charge in [0, 0.05) is 11.6 Å². The Kier molecular flexibility index (Phi) is 3.42. The number of hydrogen-bond donors (Lipinski definition) is 2. The Morgan fingerprint density at radius 2 is 1.83 bits per heavy atom. The molecule has 0 aliphatic carbocycles. The van der Waals surface area contributed by atoms with Gasteiger partial charge in [0.05, 0.1) is 15.7 Å². The van der Waals surface area contributed by atoms with E-state index >= 15 is 0 Å². The van der Waals surface area contributed by atoms with Gasteiger partial charge in [-0.2, -0.15) is 0 Å². The minimum atomic E-state index is -3.65. The Morgan fingerprint density at radius 3 is 2.48 bits per heavy atom. The molecule has 23 heavy (non-hydrogen) atoms. The zero-order valence-corrected chi connectivity index (χ0v) is 12.8. The molecule has 118 valence electrons. The van der Waals surface area contributed by atoms with Crippen molar-refractivity contribution in [3.05, 3.63) is 52.2 Å². The molecule has 1 amide bonds. The predicted molar refractivity (Wildman–Crippen MR) is 84.8 cm³/mol. The van der Waals surface area contributed by atoms with Crippen molar-refractivity contribution >= 4 is 37.9 Å². The molecule has 0 aliphatic heterocycles. The standard InChI is InChI=1S/C15H12N2O5S/c1-17-23(20,21)9-3-4-10-13(7-9)22-12-5-2-8(15(16)19)6-11(12)14(10)18/h2-7,17H,1H3,(H2,16,19). The van der Waals surface area contributed by atoms with Crippen molar-refractivity contribution in [1.29, 1.82) is 0 Å². The summed E-state index contributed by atoms with van der Waals surface area (Å²) in [7, 11) is -2.35. The van der Waals surface area contributed by atoms with Crippen molar-refractivity contribution in [3.63, 3.8) is 0 Å². The van der Waals surface area contributed by atoms with Gasteiger partial charge in [-0.3, -0.25) is 9.59 Å². The summed E-state index contributed by atoms with van der Waals surface area (Å²) < 4.78 is 31.5. The predicted octanol–water partition coefficient (Wildman–Crippen LogP) is 0.953. The number of benzene rings is 2. The number of nitrogens with two attached hydrogens (primary N) is 1. The molecule has 3 N–H and O–H groups in total. The maximum atomic E-state index is 12.5. The van der Waals surface area contributed by atoms with Gasteiger partial charge in [-0.15, -0.1) is 0 Å². The largest absolute Gasteiger partial charge is 0.456 e. The van der Waals surface area contributed by atoms with E-state index in [1.807, 2.05) is 0 Å². The number of hydrogen-bond acceptors (Lipinski definition) is 5. The monoisotopic (exact) mass is 332 g/mol. The first-order valence-corrected chi connectivity index (χ1v) is 8.06. The van der Waals surface area contributed by atoms with Crippen LogP contribution in [0.15, 0.2) is 50.5 Å². The number of carbonyl (C=O) groups is 1. The highest BCUT2D eigenvalue weighted by atomic mass is 32.2. The molecule has 0 radical (unpaired) electrons. The van der Waals surface area contributed by atoms with Gasteiger partial charge < -0.3 is 10.2 Å². The lowest BCUT2D eigenvalue weighted by atomic mass is 10.1. The summed E-state index contributed by atoms with van der Waals surface area (Å²) in [5, 5.41) is 0.423. The van der Waals surface area contributed by atoms with E-state index in [1.165, 1.54) is 43.4 Å². The fourth-order valence-electron chi connectivity index (χ4n) is 2.27. The Hall–Kier alpha value is -2.71. The van der Waals surface area contributed by atoms with Crippen LogP contribution in [0.5, 0.6) is 0 Å². The van der Waals surface area contributed by atoms with Crippen LogP contribution in [0.25, 0.3) is 21.9 Å². The van der Waals surface area contributed by atoms with Crippen molar-refractivity contribution in [1.82, 2.24) is 4.72 Å². The van der Waals surface area contributed by atoms with Crippen molar-refractivity contribution in [3.8, 4) is 0 Å². The number of carbonyl (C=O) groups excluding carboxylic acids is 1. The first kappa shape index (κ1) is 15.2. The first-order chi connectivity index (χ1) is 10.8. The highest BCUT2D eigenvalue weighted by molar-refractivity contribution is 7.89. The smallest absolute Gasteiger partial charge is 0.248 e. The van der Waals surface area contributed by atoms with Crippen LogP contribution >= 0.6 is 0 Å². The molecule has 0 fully saturated rings. The van der Waals surface area contributed by atoms with Crippen molar-refractivity contribution in [2.75, 3.05) is 7.05 Å². The molecule has 0 bridgehead atoms. The molecule has 0 unspecified atom stereocenters. The van der Waals surface area contributed by atoms with E-state index in [2.05, 4.69) is 4.72 Å². The number of amides is 1. The summed E-state index contributed by atoms with van der Waals surface area (Å²) >= 11 is 0. The average Bonchev–Trinajstić information content (AvgIpc) is 2.54. The summed E-state index contributed by atoms with van der Waals surface area (Å²) in [4.78, 5) is 23.7. The van der Waals surface area contributed by atoms with Crippen LogP contribution < -0.4 is 15.9 Å². The Bertz CT molecular complexity index is 1120. The second kappa shape index (κ2) is 5.18. The molecule has 2 aromatic carbocycles. The zero-order chi connectivity index (χ0) is 16.8. The second-order valence-electron chi connectivity index (χ2n) is 4.87. The van der Waals surface area contributed by atoms with E-state index in [1.54, 1.807) is 0 Å². The van der Waals surface area contributed by atoms with Crippen LogP contribution in [0.1, 0.15) is 10.4 Å². The van der Waals surface area contributed by atoms with E-state index in [0.717, 1.165) is 0 Å². The Morgan fingerprint density at radius 1 is 1.09 bits per heavy atom. The minimum absolute atomic E-state index is 0.0104. The van der Waals surface area contributed by atoms with Crippen LogP contribution in [0.2, 0.25) is 0 Å². The molecule has 1 aromatic heterocycles. The molecule has 0 atom stereocenters. The lowest BCUT2D eigenvalue weighted by Crippen LogP contribution is -2.18. The van der Waals surface area contributed by atoms with Crippen molar-refractivity contribution in [2.24, 2.45) is 5.73 Å². The Labute approximate surface area is 130 Å². The third kappa shape index (κ3) is 2.47. The molecule has 3 aromatic rings. The summed E-state index contributed by atoms with van der Waals surface area (Å²) in [5.74, 6) is -0.651. The van der Waals surface area contributed by atoms with Crippen LogP contribution in [0.3, 0.4) is 0 Å². The van der Waals surface area contributed by atoms with Crippen molar-refractivity contribution < 1.29 is 17.6 Å². The number of primary amides is 1. The minimum Gasteiger partial charge on any atom is -0.456 e. The highest BCUT2D eigenvalue weighted by Crippen LogP contribution is 2.22. The molecule has 0 spiro atoms. The molecule has 0 aliphatic rings. The van der Waals surface area contributed by atoms with E-state index in [4.69, 9.17) is 10.2 Å². The van der Waals surface area contributed by atoms with E-state index < -0.39 is 15.9 Å². The number of sulfonamides is 1. The molecule has 3 rings (SSSR count). The van der Waals surface area contributed by atoms with Crippen molar-refractivity contribution in [2.45, 2.75) is 4.90 Å². The van der Waals surface area contributed by atoms with Gasteiger partial charge in [0.1, 0.15) is 11.2 Å². The van der Waals surface area contributed by atoms with Gasteiger partial charge in [0.15, 0.2) is 0 Å². The number of fused-ring (bicyclic) bond motifs is 2. The van der Waals surface area contributed by atoms with E-state index in [9.17, 15) is 18.0 Å². The van der Waals surface area contributed by atoms with Gasteiger partial charge in [-0.25, -0.2) is 13.1 Å². The van der Waals surface area contributed by atoms with Crippen LogP contribution in [0, 0.1) is 0 Å². The van der Waals surface area contributed by atoms with Gasteiger partial charge in [-0.05, 0) is 37.4 Å². The summed E-state index contributed by atoms with van der Waals surface area (Å²) in [6, 6.07) is 8.23. The van der Waals surface area contributed by atoms with Gasteiger partial charge >= 0.3 is 0 Å². The van der Waals surface area contributed by atoms with E-state index in [0.29, 0.717) is 0 Å². The molecule has 8 heteroatoms. The molecular weight excluding hydrogens is 320 g/mol. The second-order valence-corrected chi connectivity index (χ2v) is 6.76. The number of rotatable bonds is 3. The quantitative estimate of drug-likeness (QED) is 0.692. The summed E-state index contributed by atoms with van der Waals surface area (Å²) in [6.45, 7) is 0. The third-order valence-corrected chi connectivity index (χ3v) is 4.92. The molecule has 1 heterocycles. The highest BCUT2D eigenvalue weighted by Gasteiger charge is 2.15. The normalized spacial score (nSPS) is 11.9. The molecule has 7 nitrogen and oxygen atoms in total. The summed E-state index contributed by atoms with van der Waals surface area (Å²) in [6.07, 6.45) is 0. The maximum Gasteiger partial charge on any atom is 0.248 e. The topological polar surface area (TPSA) is 119 Å². The lowest BCUT2D eigenvalue weighted by Gasteiger charge is -2.05. The molecule has 0 saturated heterocycles. The molecular formula is C15H12N2O5S. The summed E-state index contributed by atoms with van der Waals surface area (Å²) in [5.41, 5.74) is 5.42. The molecule has 0 saturated carbocycles. The third-order valence-electron chi connectivity index (χ3n) is 3.51. The van der Waals surface area contributed by atoms with Crippen LogP contribution in [0.4, 0.5) is 0 Å². The first-order valence-electron chi connectivity index (χ1n) is 6.57. The van der Waals surface area contributed by atoms with Crippen LogP contribution in [-0.4, -0.2) is 21.4 Å². The SMILES string of the molecule is CNS(=O)(=O)c1ccc2c(=O)c3cc(C(N)=O)ccc3oc2c1. The van der Waals surface area contributed by atoms with Crippen LogP contribution in [-0.2, 0) is 10.0 Å². The van der Waals surface area contributed by atoms with E-state index in [-0.39, 0.29) is 37.8 Å². The zero-order valence-electron chi connectivity index (χ0n) is 12.0.